The van der Waals surface area contributed by atoms with Crippen LogP contribution in [0.2, 0.25) is 0 Å². The van der Waals surface area contributed by atoms with E-state index in [1.54, 1.807) is 0 Å². The summed E-state index contributed by atoms with van der Waals surface area (Å²) in [5, 5.41) is 6.62. The second kappa shape index (κ2) is 8.01. The molecule has 3 rings (SSSR count). The van der Waals surface area contributed by atoms with Crippen molar-refractivity contribution in [3.05, 3.63) is 46.9 Å². The van der Waals surface area contributed by atoms with Crippen LogP contribution >= 0.6 is 0 Å². The maximum absolute atomic E-state index is 13.9. The van der Waals surface area contributed by atoms with Gasteiger partial charge in [0.25, 0.3) is 0 Å². The van der Waals surface area contributed by atoms with Crippen molar-refractivity contribution in [2.45, 2.75) is 44.6 Å². The van der Waals surface area contributed by atoms with Crippen molar-refractivity contribution >= 4 is 5.91 Å². The van der Waals surface area contributed by atoms with E-state index >= 15 is 0 Å². The molecule has 0 aromatic carbocycles. The highest BCUT2D eigenvalue weighted by Gasteiger charge is 2.40. The highest BCUT2D eigenvalue weighted by atomic mass is 19.4. The number of alkyl halides is 3. The van der Waals surface area contributed by atoms with E-state index in [4.69, 9.17) is 5.73 Å². The van der Waals surface area contributed by atoms with Gasteiger partial charge in [0.05, 0.1) is 6.54 Å². The summed E-state index contributed by atoms with van der Waals surface area (Å²) < 4.78 is 79.9. The first kappa shape index (κ1) is 21.1. The van der Waals surface area contributed by atoms with Gasteiger partial charge in [0.1, 0.15) is 11.7 Å². The number of fused-ring (bicyclic) bond motifs is 1. The van der Waals surface area contributed by atoms with Gasteiger partial charge in [-0.2, -0.15) is 13.2 Å². The number of carbonyl (C=O) groups is 1. The van der Waals surface area contributed by atoms with Crippen molar-refractivity contribution in [1.29, 1.82) is 0 Å². The zero-order chi connectivity index (χ0) is 21.3. The number of rotatable bonds is 4. The van der Waals surface area contributed by atoms with Gasteiger partial charge in [-0.05, 0) is 12.0 Å². The third kappa shape index (κ3) is 4.69. The van der Waals surface area contributed by atoms with Crippen LogP contribution in [0.1, 0.15) is 30.9 Å². The number of halogens is 6. The van der Waals surface area contributed by atoms with Crippen molar-refractivity contribution in [3.8, 4) is 0 Å². The fourth-order valence-electron chi connectivity index (χ4n) is 3.16. The summed E-state index contributed by atoms with van der Waals surface area (Å²) in [4.78, 5) is 13.7. The Morgan fingerprint density at radius 2 is 1.93 bits per heavy atom. The van der Waals surface area contributed by atoms with Crippen molar-refractivity contribution in [2.24, 2.45) is 5.73 Å². The van der Waals surface area contributed by atoms with E-state index in [-0.39, 0.29) is 43.9 Å². The molecule has 2 N–H and O–H groups in total. The zero-order valence-electron chi connectivity index (χ0n) is 15.0. The third-order valence-electron chi connectivity index (χ3n) is 4.63. The Morgan fingerprint density at radius 3 is 2.62 bits per heavy atom. The molecule has 29 heavy (non-hydrogen) atoms. The van der Waals surface area contributed by atoms with Gasteiger partial charge in [0, 0.05) is 38.0 Å². The standard InChI is InChI=1S/C17H17F6N5O/c18-11-2-1-9(12(19)7-13(11)20)5-10(24)6-15(29)27-3-4-28-14(8-27)25-26-16(28)17(21,22)23/h1,7,10H,2-6,8,24H2/t10-/m1/s1. The van der Waals surface area contributed by atoms with Crippen molar-refractivity contribution in [3.63, 3.8) is 0 Å². The van der Waals surface area contributed by atoms with Crippen LogP contribution in [0.3, 0.4) is 0 Å². The van der Waals surface area contributed by atoms with E-state index in [1.807, 2.05) is 0 Å². The molecular formula is C17H17F6N5O. The second-order valence-electron chi connectivity index (χ2n) is 6.75. The summed E-state index contributed by atoms with van der Waals surface area (Å²) in [5.74, 6) is -4.93. The molecule has 1 aliphatic carbocycles. The summed E-state index contributed by atoms with van der Waals surface area (Å²) in [6, 6.07) is -0.845. The molecule has 6 nitrogen and oxygen atoms in total. The molecule has 1 aromatic heterocycles. The molecular weight excluding hydrogens is 404 g/mol. The molecule has 1 atom stereocenters. The van der Waals surface area contributed by atoms with Gasteiger partial charge in [-0.1, -0.05) is 6.08 Å². The molecule has 0 saturated carbocycles. The molecule has 1 aromatic rings. The largest absolute Gasteiger partial charge is 0.451 e. The van der Waals surface area contributed by atoms with Gasteiger partial charge in [0.15, 0.2) is 11.7 Å². The Labute approximate surface area is 161 Å². The number of nitrogens with zero attached hydrogens (tertiary/aromatic N) is 4. The lowest BCUT2D eigenvalue weighted by Crippen LogP contribution is -2.41. The normalized spacial score (nSPS) is 18.8. The second-order valence-corrected chi connectivity index (χ2v) is 6.75. The van der Waals surface area contributed by atoms with Gasteiger partial charge >= 0.3 is 6.18 Å². The quantitative estimate of drug-likeness (QED) is 0.759. The van der Waals surface area contributed by atoms with E-state index in [1.165, 1.54) is 11.0 Å². The molecule has 1 amide bonds. The fourth-order valence-corrected chi connectivity index (χ4v) is 3.16. The minimum Gasteiger partial charge on any atom is -0.333 e. The van der Waals surface area contributed by atoms with Gasteiger partial charge < -0.3 is 15.2 Å². The first-order chi connectivity index (χ1) is 13.6. The molecule has 1 aliphatic heterocycles. The Kier molecular flexibility index (Phi) is 5.82. The van der Waals surface area contributed by atoms with E-state index in [2.05, 4.69) is 10.2 Å². The minimum absolute atomic E-state index is 0.00276. The minimum atomic E-state index is -4.64. The molecule has 0 radical (unpaired) electrons. The van der Waals surface area contributed by atoms with Crippen LogP contribution in [0.15, 0.2) is 35.2 Å². The fraction of sp³-hybridized carbons (Fsp3) is 0.471. The molecule has 0 unspecified atom stereocenters. The molecule has 12 heteroatoms. The third-order valence-corrected chi connectivity index (χ3v) is 4.63. The smallest absolute Gasteiger partial charge is 0.333 e. The van der Waals surface area contributed by atoms with E-state index < -0.39 is 47.9 Å². The average molecular weight is 421 g/mol. The number of hydrogen-bond donors (Lipinski definition) is 1. The maximum atomic E-state index is 13.9. The summed E-state index contributed by atoms with van der Waals surface area (Å²) in [6.07, 6.45) is -3.81. The monoisotopic (exact) mass is 421 g/mol. The first-order valence-corrected chi connectivity index (χ1v) is 8.69. The van der Waals surface area contributed by atoms with Crippen LogP contribution in [0.5, 0.6) is 0 Å². The van der Waals surface area contributed by atoms with Gasteiger partial charge in [0.2, 0.25) is 11.7 Å². The predicted octanol–water partition coefficient (Wildman–Crippen LogP) is 3.08. The lowest BCUT2D eigenvalue weighted by atomic mass is 10.0. The van der Waals surface area contributed by atoms with Crippen LogP contribution in [0, 0.1) is 0 Å². The van der Waals surface area contributed by atoms with E-state index in [0.717, 1.165) is 4.57 Å². The molecule has 158 valence electrons. The number of hydrogen-bond acceptors (Lipinski definition) is 4. The van der Waals surface area contributed by atoms with Crippen LogP contribution in [-0.2, 0) is 24.1 Å². The number of amides is 1. The SMILES string of the molecule is N[C@@H](CC(=O)N1CCn2c(nnc2C(F)(F)F)C1)CC1=CCC(F)=C(F)C=C1F. The highest BCUT2D eigenvalue weighted by Crippen LogP contribution is 2.30. The molecule has 0 spiro atoms. The van der Waals surface area contributed by atoms with Crippen molar-refractivity contribution < 1.29 is 31.1 Å². The lowest BCUT2D eigenvalue weighted by Gasteiger charge is -2.29. The van der Waals surface area contributed by atoms with Crippen LogP contribution in [-0.4, -0.2) is 38.2 Å². The molecule has 0 bridgehead atoms. The maximum Gasteiger partial charge on any atom is 0.451 e. The van der Waals surface area contributed by atoms with Crippen molar-refractivity contribution in [1.82, 2.24) is 19.7 Å². The number of carbonyl (C=O) groups excluding carboxylic acids is 1. The van der Waals surface area contributed by atoms with E-state index in [0.29, 0.717) is 6.08 Å². The van der Waals surface area contributed by atoms with Gasteiger partial charge in [-0.25, -0.2) is 13.2 Å². The van der Waals surface area contributed by atoms with E-state index in [9.17, 15) is 31.1 Å². The molecule has 0 fully saturated rings. The number of nitrogens with two attached hydrogens (primary N) is 1. The van der Waals surface area contributed by atoms with Crippen molar-refractivity contribution in [2.75, 3.05) is 6.54 Å². The summed E-state index contributed by atoms with van der Waals surface area (Å²) >= 11 is 0. The summed E-state index contributed by atoms with van der Waals surface area (Å²) in [7, 11) is 0. The Bertz CT molecular complexity index is 901. The van der Waals surface area contributed by atoms with Crippen LogP contribution < -0.4 is 5.73 Å². The van der Waals surface area contributed by atoms with Gasteiger partial charge in [-0.15, -0.1) is 10.2 Å². The Morgan fingerprint density at radius 1 is 1.21 bits per heavy atom. The van der Waals surface area contributed by atoms with Crippen LogP contribution in [0.25, 0.3) is 0 Å². The average Bonchev–Trinajstić information content (AvgIpc) is 3.03. The molecule has 2 aliphatic rings. The van der Waals surface area contributed by atoms with Gasteiger partial charge in [-0.3, -0.25) is 4.79 Å². The number of aromatic nitrogens is 3. The Hall–Kier alpha value is -2.63. The molecule has 0 saturated heterocycles. The Balaban J connectivity index is 1.60. The first-order valence-electron chi connectivity index (χ1n) is 8.69. The zero-order valence-corrected chi connectivity index (χ0v) is 15.0. The van der Waals surface area contributed by atoms with Crippen LogP contribution in [0.4, 0.5) is 26.3 Å². The predicted molar refractivity (Wildman–Crippen MR) is 88.8 cm³/mol. The highest BCUT2D eigenvalue weighted by molar-refractivity contribution is 5.77. The molecule has 2 heterocycles. The summed E-state index contributed by atoms with van der Waals surface area (Å²) in [5.41, 5.74) is 5.87. The number of allylic oxidation sites excluding steroid dienone is 5. The summed E-state index contributed by atoms with van der Waals surface area (Å²) in [6.45, 7) is -0.270. The lowest BCUT2D eigenvalue weighted by molar-refractivity contribution is -0.148. The topological polar surface area (TPSA) is 77.0 Å².